The second-order valence-corrected chi connectivity index (χ2v) is 14.8. The number of aromatic nitrogens is 2. The number of imidazole rings is 1. The van der Waals surface area contributed by atoms with Crippen molar-refractivity contribution in [2.24, 2.45) is 5.10 Å². The van der Waals surface area contributed by atoms with Crippen molar-refractivity contribution in [3.05, 3.63) is 117 Å². The molecule has 54 heavy (non-hydrogen) atoms. The Hall–Kier alpha value is -3.39. The van der Waals surface area contributed by atoms with E-state index in [1.165, 1.54) is 12.1 Å². The van der Waals surface area contributed by atoms with Crippen molar-refractivity contribution < 1.29 is 94.6 Å². The Morgan fingerprint density at radius 3 is 2.26 bits per heavy atom. The summed E-state index contributed by atoms with van der Waals surface area (Å²) in [6.07, 6.45) is 4.11. The molecule has 0 unspecified atom stereocenters. The monoisotopic (exact) mass is 806 g/mol. The average Bonchev–Trinajstić information content (AvgIpc) is 3.45. The number of fused-ring (bicyclic) bond motifs is 3. The molecule has 1 aliphatic rings. The molecule has 1 heterocycles. The summed E-state index contributed by atoms with van der Waals surface area (Å²) in [5, 5.41) is 6.86. The molecule has 0 saturated heterocycles. The van der Waals surface area contributed by atoms with E-state index in [9.17, 15) is 35.5 Å². The number of nitrogens with one attached hydrogen (secondary N) is 3. The molecule has 0 bridgehead atoms. The van der Waals surface area contributed by atoms with Gasteiger partial charge in [0.2, 0.25) is 5.78 Å². The van der Waals surface area contributed by atoms with E-state index in [2.05, 4.69) is 28.2 Å². The first-order valence-electron chi connectivity index (χ1n) is 15.8. The summed E-state index contributed by atoms with van der Waals surface area (Å²) in [6, 6.07) is 21.2. The normalized spacial score (nSPS) is 13.4. The van der Waals surface area contributed by atoms with Gasteiger partial charge in [-0.1, -0.05) is 67.8 Å². The number of carbonyl (C=O) groups is 2. The van der Waals surface area contributed by atoms with E-state index in [1.807, 2.05) is 0 Å². The van der Waals surface area contributed by atoms with Gasteiger partial charge in [-0.2, -0.15) is 5.10 Å². The van der Waals surface area contributed by atoms with Crippen molar-refractivity contribution >= 4 is 83.4 Å². The number of rotatable bonds is 12. The summed E-state index contributed by atoms with van der Waals surface area (Å²) in [7, 11) is -10.5. The van der Waals surface area contributed by atoms with Crippen LogP contribution in [0.15, 0.2) is 99.8 Å². The Bertz CT molecular complexity index is 2530. The van der Waals surface area contributed by atoms with Crippen molar-refractivity contribution in [3.63, 3.8) is 0 Å². The Labute approximate surface area is 360 Å². The Morgan fingerprint density at radius 2 is 1.59 bits per heavy atom. The Balaban J connectivity index is 0.00000325. The molecule has 0 radical (unpaired) electrons. The molecule has 5 aromatic rings. The van der Waals surface area contributed by atoms with Crippen LogP contribution in [0.4, 0.5) is 17.1 Å². The van der Waals surface area contributed by atoms with Crippen LogP contribution in [0.1, 0.15) is 58.3 Å². The number of nitrogens with zero attached hydrogens (tertiary/aromatic N) is 3. The van der Waals surface area contributed by atoms with E-state index in [0.717, 1.165) is 37.5 Å². The third kappa shape index (κ3) is 9.52. The number of carbonyl (C=O) groups excluding carboxylic acids is 2. The van der Waals surface area contributed by atoms with Crippen LogP contribution in [0.2, 0.25) is 5.02 Å². The molecule has 0 atom stereocenters. The smallest absolute Gasteiger partial charge is 0.744 e. The van der Waals surface area contributed by atoms with Gasteiger partial charge in [-0.3, -0.25) is 20.4 Å². The quantitative estimate of drug-likeness (QED) is 0.0661. The molecule has 0 saturated carbocycles. The fraction of sp³-hybridized carbons (Fsp3) is 0.143. The molecule has 3 N–H and O–H groups in total. The van der Waals surface area contributed by atoms with Crippen LogP contribution in [0.3, 0.4) is 0 Å². The summed E-state index contributed by atoms with van der Waals surface area (Å²) >= 11 is 6.46. The molecular weight excluding hydrogens is 778 g/mol. The molecule has 6 rings (SSSR count). The van der Waals surface area contributed by atoms with E-state index in [0.29, 0.717) is 28.5 Å². The van der Waals surface area contributed by atoms with Crippen LogP contribution in [0, 0.1) is 0 Å². The average molecular weight is 807 g/mol. The number of unbranched alkanes of at least 4 members (excludes halogenated alkanes) is 2. The number of amides is 1. The largest absolute Gasteiger partial charge is 1.00 e. The zero-order chi connectivity index (χ0) is 37.2. The fourth-order valence-corrected chi connectivity index (χ4v) is 7.07. The fourth-order valence-electron chi connectivity index (χ4n) is 5.64. The van der Waals surface area contributed by atoms with Crippen molar-refractivity contribution in [3.8, 4) is 0 Å². The van der Waals surface area contributed by atoms with Crippen molar-refractivity contribution in [1.29, 1.82) is 0 Å². The number of halogens is 1. The summed E-state index contributed by atoms with van der Waals surface area (Å²) in [6.45, 7) is 2.05. The van der Waals surface area contributed by atoms with Gasteiger partial charge in [-0.25, -0.2) is 26.5 Å². The number of hydrogen-bond donors (Lipinski definition) is 3. The number of benzene rings is 4. The summed E-state index contributed by atoms with van der Waals surface area (Å²) in [5.74, 6) is -1.02. The van der Waals surface area contributed by atoms with Crippen molar-refractivity contribution in [2.45, 2.75) is 37.5 Å². The molecular formula is C35H29ClN6Na2O8S2. The van der Waals surface area contributed by atoms with Crippen molar-refractivity contribution in [1.82, 2.24) is 9.66 Å². The van der Waals surface area contributed by atoms with Crippen LogP contribution < -0.4 is 75.3 Å². The molecule has 1 aromatic heterocycles. The van der Waals surface area contributed by atoms with Gasteiger partial charge in [0.25, 0.3) is 5.91 Å². The third-order valence-electron chi connectivity index (χ3n) is 8.09. The van der Waals surface area contributed by atoms with Gasteiger partial charge < -0.3 is 14.4 Å². The number of Topliss-reactive ketones (excluding diaryl/α,β-unsaturated/α-hetero) is 1. The molecule has 14 nitrogen and oxygen atoms in total. The number of hydrogen-bond acceptors (Lipinski definition) is 12. The maximum Gasteiger partial charge on any atom is 1.00 e. The molecule has 19 heteroatoms. The number of allylic oxidation sites excluding steroid dienone is 1. The van der Waals surface area contributed by atoms with Crippen LogP contribution in [0.5, 0.6) is 0 Å². The first-order valence-corrected chi connectivity index (χ1v) is 19.0. The van der Waals surface area contributed by atoms with E-state index in [-0.39, 0.29) is 87.0 Å². The van der Waals surface area contributed by atoms with E-state index in [1.54, 1.807) is 65.3 Å². The van der Waals surface area contributed by atoms with Gasteiger partial charge >= 0.3 is 59.1 Å². The van der Waals surface area contributed by atoms with E-state index in [4.69, 9.17) is 16.6 Å². The summed E-state index contributed by atoms with van der Waals surface area (Å²) in [4.78, 5) is 30.0. The minimum Gasteiger partial charge on any atom is -0.744 e. The predicted octanol–water partition coefficient (Wildman–Crippen LogP) is 0.0125. The molecule has 0 spiro atoms. The van der Waals surface area contributed by atoms with Crippen LogP contribution in [0.25, 0.3) is 17.1 Å². The van der Waals surface area contributed by atoms with Gasteiger partial charge in [-0.15, -0.1) is 0 Å². The third-order valence-corrected chi connectivity index (χ3v) is 10.2. The van der Waals surface area contributed by atoms with Gasteiger partial charge in [0.05, 0.1) is 37.3 Å². The molecule has 0 aliphatic heterocycles. The number of anilines is 3. The number of ketones is 1. The van der Waals surface area contributed by atoms with Gasteiger partial charge in [-0.05, 0) is 66.6 Å². The standard InChI is InChI=1S/C35H31ClN6O8S2.2Na/c1-2-3-5-14-30-38-26-17-15-22-19-29(52(48,49)50)32(34(43)31(22)33(26)42(30)41-25-13-9-8-12-24(25)36)40-39-27-20-23(16-18-28(27)51(45,46)47)37-35(44)21-10-6-4-7-11-21;;/h4,6-13,15-20,39,41H,2-3,5,14H2,1H3,(H,37,44)(H,45,46,47)(H,48,49,50);;/q;2*+1/p-2. The number of hydrazone groups is 1. The molecule has 1 aliphatic carbocycles. The second kappa shape index (κ2) is 18.0. The van der Waals surface area contributed by atoms with Crippen LogP contribution in [-0.2, 0) is 26.7 Å². The maximum atomic E-state index is 14.4. The molecule has 0 fully saturated rings. The Morgan fingerprint density at radius 1 is 0.889 bits per heavy atom. The molecule has 268 valence electrons. The first kappa shape index (κ1) is 43.3. The molecule has 1 amide bonds. The van der Waals surface area contributed by atoms with Crippen LogP contribution in [-0.4, -0.2) is 53.0 Å². The van der Waals surface area contributed by atoms with E-state index < -0.39 is 53.1 Å². The Kier molecular flexibility index (Phi) is 14.5. The summed E-state index contributed by atoms with van der Waals surface area (Å²) in [5.41, 5.74) is 5.57. The first-order chi connectivity index (χ1) is 24.8. The van der Waals surface area contributed by atoms with Crippen LogP contribution >= 0.6 is 11.6 Å². The predicted molar refractivity (Wildman–Crippen MR) is 195 cm³/mol. The van der Waals surface area contributed by atoms with Gasteiger partial charge in [0.1, 0.15) is 37.3 Å². The number of aryl methyl sites for hydroxylation is 1. The zero-order valence-corrected chi connectivity index (χ0v) is 35.7. The minimum absolute atomic E-state index is 0. The SMILES string of the molecule is CCCCCc1nc2ccc3c(c2n1Nc1ccccc1Cl)C(=O)C(=NNc1cc(NC(=O)c2ccccc2)ccc1S(=O)(=O)[O-])C(S(=O)(=O)[O-])=C3.[Na+].[Na+]. The molecule has 4 aromatic carbocycles. The number of para-hydroxylation sites is 1. The zero-order valence-electron chi connectivity index (χ0n) is 29.3. The van der Waals surface area contributed by atoms with Crippen molar-refractivity contribution in [2.75, 3.05) is 16.2 Å². The topological polar surface area (TPSA) is 215 Å². The second-order valence-electron chi connectivity index (χ2n) is 11.7. The van der Waals surface area contributed by atoms with Gasteiger partial charge in [0, 0.05) is 17.7 Å². The van der Waals surface area contributed by atoms with Gasteiger partial charge in [0.15, 0.2) is 0 Å². The van der Waals surface area contributed by atoms with E-state index >= 15 is 0 Å². The maximum absolute atomic E-state index is 14.4. The minimum atomic E-state index is -5.35. The summed E-state index contributed by atoms with van der Waals surface area (Å²) < 4.78 is 75.7.